The van der Waals surface area contributed by atoms with Crippen molar-refractivity contribution in [2.24, 2.45) is 0 Å². The normalized spacial score (nSPS) is 12.8. The fourth-order valence-corrected chi connectivity index (χ4v) is 5.38. The van der Waals surface area contributed by atoms with Gasteiger partial charge >= 0.3 is 0 Å². The molecule has 0 heterocycles. The third-order valence-electron chi connectivity index (χ3n) is 4.28. The Hall–Kier alpha value is -2.37. The molecule has 2 heteroatoms. The molecule has 0 bridgehead atoms. The average molecular weight is 301 g/mol. The zero-order valence-corrected chi connectivity index (χ0v) is 14.0. The molecule has 0 aromatic heterocycles. The summed E-state index contributed by atoms with van der Waals surface area (Å²) in [6, 6.07) is 25.4. The van der Waals surface area contributed by atoms with Crippen molar-refractivity contribution in [1.29, 1.82) is 5.26 Å². The molecule has 0 unspecified atom stereocenters. The first-order valence-electron chi connectivity index (χ1n) is 7.57. The van der Waals surface area contributed by atoms with Crippen LogP contribution in [-0.4, -0.2) is 8.07 Å². The van der Waals surface area contributed by atoms with Gasteiger partial charge in [0.2, 0.25) is 0 Å². The minimum Gasteiger partial charge on any atom is -0.207 e. The van der Waals surface area contributed by atoms with Crippen molar-refractivity contribution < 1.29 is 0 Å². The standard InChI is InChI=1S/C20H19NSi/c1-22(2,15-21)20(17-10-4-3-5-11-17)19-14-8-12-16-9-6-7-13-18(16)19/h3-14,20H,1-2H3/t20-/m1/s1. The molecule has 3 aromatic rings. The summed E-state index contributed by atoms with van der Waals surface area (Å²) in [6.45, 7) is 4.32. The number of nitriles is 1. The van der Waals surface area contributed by atoms with E-state index in [9.17, 15) is 5.26 Å². The van der Waals surface area contributed by atoms with E-state index in [4.69, 9.17) is 0 Å². The van der Waals surface area contributed by atoms with Crippen molar-refractivity contribution in [1.82, 2.24) is 0 Å². The van der Waals surface area contributed by atoms with E-state index < -0.39 is 8.07 Å². The number of fused-ring (bicyclic) bond motifs is 1. The lowest BCUT2D eigenvalue weighted by Gasteiger charge is -2.28. The molecule has 0 aliphatic heterocycles. The SMILES string of the molecule is C[Si](C)(C#N)[C@H](c1ccccc1)c1cccc2ccccc12. The Morgan fingerprint density at radius 1 is 0.818 bits per heavy atom. The molecule has 0 saturated heterocycles. The molecule has 0 aliphatic carbocycles. The van der Waals surface area contributed by atoms with Gasteiger partial charge in [0.05, 0.1) is 0 Å². The molecule has 0 fully saturated rings. The van der Waals surface area contributed by atoms with Crippen molar-refractivity contribution >= 4 is 18.8 Å². The van der Waals surface area contributed by atoms with Crippen molar-refractivity contribution in [2.75, 3.05) is 0 Å². The van der Waals surface area contributed by atoms with Crippen LogP contribution in [0.15, 0.2) is 72.8 Å². The average Bonchev–Trinajstić information content (AvgIpc) is 2.56. The summed E-state index contributed by atoms with van der Waals surface area (Å²) in [7, 11) is -2.10. The summed E-state index contributed by atoms with van der Waals surface area (Å²) in [5.74, 6) is 0. The first-order chi connectivity index (χ1) is 10.6. The van der Waals surface area contributed by atoms with Gasteiger partial charge in [-0.25, -0.2) is 5.26 Å². The van der Waals surface area contributed by atoms with Gasteiger partial charge < -0.3 is 0 Å². The fraction of sp³-hybridized carbons (Fsp3) is 0.150. The van der Waals surface area contributed by atoms with Crippen molar-refractivity contribution in [3.8, 4) is 5.69 Å². The third-order valence-corrected chi connectivity index (χ3v) is 6.94. The van der Waals surface area contributed by atoms with Gasteiger partial charge in [0, 0.05) is 11.2 Å². The number of hydrogen-bond acceptors (Lipinski definition) is 1. The molecule has 0 spiro atoms. The molecule has 0 amide bonds. The number of hydrogen-bond donors (Lipinski definition) is 0. The summed E-state index contributed by atoms with van der Waals surface area (Å²) in [5, 5.41) is 12.3. The van der Waals surface area contributed by atoms with E-state index in [-0.39, 0.29) is 5.54 Å². The zero-order chi connectivity index (χ0) is 15.6. The van der Waals surface area contributed by atoms with Gasteiger partial charge in [-0.1, -0.05) is 85.9 Å². The molecule has 0 saturated carbocycles. The van der Waals surface area contributed by atoms with Crippen molar-refractivity contribution in [2.45, 2.75) is 18.6 Å². The van der Waals surface area contributed by atoms with E-state index in [0.717, 1.165) is 0 Å². The highest BCUT2D eigenvalue weighted by molar-refractivity contribution is 6.86. The van der Waals surface area contributed by atoms with Crippen LogP contribution in [-0.2, 0) is 0 Å². The minimum absolute atomic E-state index is 0.185. The van der Waals surface area contributed by atoms with E-state index in [1.807, 2.05) is 6.07 Å². The van der Waals surface area contributed by atoms with Crippen LogP contribution in [0, 0.1) is 11.0 Å². The first kappa shape index (κ1) is 14.6. The van der Waals surface area contributed by atoms with E-state index in [0.29, 0.717) is 0 Å². The van der Waals surface area contributed by atoms with Crippen LogP contribution in [0.3, 0.4) is 0 Å². The maximum absolute atomic E-state index is 9.77. The van der Waals surface area contributed by atoms with Gasteiger partial charge in [-0.15, -0.1) is 0 Å². The largest absolute Gasteiger partial charge is 0.207 e. The van der Waals surface area contributed by atoms with Gasteiger partial charge in [-0.2, -0.15) is 0 Å². The Kier molecular flexibility index (Phi) is 3.83. The number of nitrogens with zero attached hydrogens (tertiary/aromatic N) is 1. The quantitative estimate of drug-likeness (QED) is 0.604. The van der Waals surface area contributed by atoms with Crippen LogP contribution >= 0.6 is 0 Å². The number of benzene rings is 3. The maximum atomic E-state index is 9.77. The highest BCUT2D eigenvalue weighted by Gasteiger charge is 2.35. The van der Waals surface area contributed by atoms with Crippen LogP contribution in [0.5, 0.6) is 0 Å². The molecule has 1 nitrogen and oxygen atoms in total. The predicted octanol–water partition coefficient (Wildman–Crippen LogP) is 5.28. The lowest BCUT2D eigenvalue weighted by atomic mass is 9.98. The molecule has 0 aliphatic rings. The zero-order valence-electron chi connectivity index (χ0n) is 13.0. The van der Waals surface area contributed by atoms with Crippen LogP contribution in [0.4, 0.5) is 0 Å². The summed E-state index contributed by atoms with van der Waals surface area (Å²) < 4.78 is 0. The Morgan fingerprint density at radius 3 is 2.18 bits per heavy atom. The van der Waals surface area contributed by atoms with E-state index >= 15 is 0 Å². The second-order valence-electron chi connectivity index (χ2n) is 6.25. The molecule has 1 atom stereocenters. The summed E-state index contributed by atoms with van der Waals surface area (Å²) in [6.07, 6.45) is 0. The van der Waals surface area contributed by atoms with Crippen LogP contribution < -0.4 is 0 Å². The molecule has 3 rings (SSSR count). The lowest BCUT2D eigenvalue weighted by molar-refractivity contribution is 1.10. The lowest BCUT2D eigenvalue weighted by Crippen LogP contribution is -2.34. The first-order valence-corrected chi connectivity index (χ1v) is 10.6. The third kappa shape index (κ3) is 2.56. The van der Waals surface area contributed by atoms with Crippen molar-refractivity contribution in [3.63, 3.8) is 0 Å². The fourth-order valence-electron chi connectivity index (χ4n) is 3.20. The topological polar surface area (TPSA) is 23.8 Å². The van der Waals surface area contributed by atoms with E-state index in [1.165, 1.54) is 21.9 Å². The maximum Gasteiger partial charge on any atom is 0.179 e. The highest BCUT2D eigenvalue weighted by atomic mass is 28.3. The smallest absolute Gasteiger partial charge is 0.179 e. The van der Waals surface area contributed by atoms with Crippen molar-refractivity contribution in [3.05, 3.63) is 83.9 Å². The second kappa shape index (κ2) is 5.79. The van der Waals surface area contributed by atoms with Crippen LogP contribution in [0.2, 0.25) is 13.1 Å². The predicted molar refractivity (Wildman–Crippen MR) is 95.3 cm³/mol. The Labute approximate surface area is 132 Å². The molecule has 22 heavy (non-hydrogen) atoms. The Bertz CT molecular complexity index is 826. The molecule has 3 aromatic carbocycles. The minimum atomic E-state index is -2.10. The Balaban J connectivity index is 2.28. The van der Waals surface area contributed by atoms with Gasteiger partial charge in [0.1, 0.15) is 0 Å². The molecule has 108 valence electrons. The monoisotopic (exact) mass is 301 g/mol. The molecular formula is C20H19NSi. The second-order valence-corrected chi connectivity index (χ2v) is 10.5. The van der Waals surface area contributed by atoms with Gasteiger partial charge in [-0.3, -0.25) is 0 Å². The van der Waals surface area contributed by atoms with Crippen LogP contribution in [0.1, 0.15) is 16.7 Å². The molecule has 0 N–H and O–H groups in total. The van der Waals surface area contributed by atoms with Crippen LogP contribution in [0.25, 0.3) is 10.8 Å². The summed E-state index contributed by atoms with van der Waals surface area (Å²) in [4.78, 5) is 0. The Morgan fingerprint density at radius 2 is 1.45 bits per heavy atom. The van der Waals surface area contributed by atoms with Gasteiger partial charge in [-0.05, 0) is 21.9 Å². The molecule has 0 radical (unpaired) electrons. The highest BCUT2D eigenvalue weighted by Crippen LogP contribution is 2.37. The summed E-state index contributed by atoms with van der Waals surface area (Å²) in [5.41, 5.74) is 5.35. The summed E-state index contributed by atoms with van der Waals surface area (Å²) >= 11 is 0. The molecular weight excluding hydrogens is 282 g/mol. The van der Waals surface area contributed by atoms with Gasteiger partial charge in [0.15, 0.2) is 8.07 Å². The number of rotatable bonds is 3. The van der Waals surface area contributed by atoms with E-state index in [1.54, 1.807) is 0 Å². The van der Waals surface area contributed by atoms with E-state index in [2.05, 4.69) is 85.5 Å². The van der Waals surface area contributed by atoms with Gasteiger partial charge in [0.25, 0.3) is 0 Å².